The van der Waals surface area contributed by atoms with Crippen LogP contribution in [0.2, 0.25) is 0 Å². The average Bonchev–Trinajstić information content (AvgIpc) is 0.790. The predicted octanol–water partition coefficient (Wildman–Crippen LogP) is 26.1. The minimum absolute atomic E-state index is 0. The van der Waals surface area contributed by atoms with Crippen molar-refractivity contribution in [3.05, 3.63) is 364 Å². The molecule has 0 bridgehead atoms. The Hall–Kier alpha value is -15.1. The number of fused-ring (bicyclic) bond motifs is 3. The molecule has 592 valence electrons. The first-order valence-corrected chi connectivity index (χ1v) is 41.3. The molecule has 2 N–H and O–H groups in total. The van der Waals surface area contributed by atoms with Gasteiger partial charge in [0.15, 0.2) is 5.69 Å². The SMILES string of the molecule is C.CCOP(=O)(Cc1cc(C#N)c(CP(=O)(C#CO)C#CO)cc1C#N)OCC.COc1ccc(N(c2ccc(C=O)cc2)c2cccc3ccccc23)cc1.[C-]#[N+]c1cc(C=Cc2ccc(N(c3ccc(OC)cc3)c3cccc4ccccc34)cc2)c(C#N)cc1C=Cc1ccc(N(c2ccc(OC)cc2)c2cccc3ccccc23)cc1. The first-order chi connectivity index (χ1) is 58.1. The van der Waals surface area contributed by atoms with Gasteiger partial charge in [0, 0.05) is 73.3 Å². The first kappa shape index (κ1) is 85.7. The molecule has 0 atom stereocenters. The standard InChI is InChI=1S/C58H42N4O2.C24H19NO2.C18H18N2O6P2.CH4/c1-60-56-39-45(24-18-41-20-26-48(27-21-41)61(50-30-34-52(63-2)35-31-50)57-16-8-12-43-10-4-6-14-54(43)57)47(40-59)38-46(56)25-19-42-22-28-49(29-23-42)62(51-32-36-53(64-3)37-33-51)58-17-9-13-44-11-5-7-15-55(44)58;1-27-22-15-13-21(14-16-22)25(20-11-9-18(17-26)10-12-20)24-8-4-6-19-5-2-3-7-23(19)24;1-3-25-28(24,26-4-2)14-18-10-15(11-19)17(9-16(18)12-20)13-27(23,7-5-21)8-6-22;/h4-39H,2-3H3;2-17H,1H3;9-10,21-22H,3-4,13-14H2,1-2H3;1H4. The van der Waals surface area contributed by atoms with Gasteiger partial charge in [0.25, 0.3) is 0 Å². The van der Waals surface area contributed by atoms with Gasteiger partial charge in [-0.25, -0.2) is 4.85 Å². The zero-order valence-corrected chi connectivity index (χ0v) is 67.5. The van der Waals surface area contributed by atoms with Gasteiger partial charge in [-0.1, -0.05) is 165 Å². The van der Waals surface area contributed by atoms with Crippen molar-refractivity contribution in [1.29, 1.82) is 15.8 Å². The highest BCUT2D eigenvalue weighted by Crippen LogP contribution is 2.53. The summed E-state index contributed by atoms with van der Waals surface area (Å²) in [6.45, 7) is 11.6. The lowest BCUT2D eigenvalue weighted by atomic mass is 10.0. The topological polar surface area (TPSA) is 223 Å². The minimum Gasteiger partial charge on any atom is -0.497 e. The third-order valence-electron chi connectivity index (χ3n) is 19.4. The van der Waals surface area contributed by atoms with Gasteiger partial charge in [-0.2, -0.15) is 15.8 Å². The number of ether oxygens (including phenoxy) is 3. The third-order valence-corrected chi connectivity index (χ3v) is 23.1. The quantitative estimate of drug-likeness (QED) is 0.0178. The normalized spacial score (nSPS) is 10.8. The van der Waals surface area contributed by atoms with E-state index >= 15 is 0 Å². The summed E-state index contributed by atoms with van der Waals surface area (Å²) in [5.74, 6) is 2.40. The summed E-state index contributed by atoms with van der Waals surface area (Å²) in [5.41, 5.74) is 18.8. The van der Waals surface area contributed by atoms with E-state index in [-0.39, 0.29) is 55.2 Å². The number of aliphatic hydroxyl groups is 2. The second-order valence-corrected chi connectivity index (χ2v) is 31.0. The molecule has 0 unspecified atom stereocenters. The molecule has 19 heteroatoms. The van der Waals surface area contributed by atoms with E-state index in [0.717, 1.165) is 113 Å². The Kier molecular flexibility index (Phi) is 29.2. The lowest BCUT2D eigenvalue weighted by Crippen LogP contribution is -2.10. The Labute approximate surface area is 699 Å². The fraction of sp³-hybridized carbons (Fsp3) is 0.0990. The fourth-order valence-corrected chi connectivity index (χ4v) is 16.7. The van der Waals surface area contributed by atoms with Crippen molar-refractivity contribution in [3.63, 3.8) is 0 Å². The molecule has 0 spiro atoms. The van der Waals surface area contributed by atoms with E-state index in [1.165, 1.54) is 29.7 Å². The summed E-state index contributed by atoms with van der Waals surface area (Å²) < 4.78 is 52.0. The number of hydrogen-bond acceptors (Lipinski definition) is 16. The number of aliphatic hydroxyl groups excluding tert-OH is 2. The number of carbonyl (C=O) groups is 1. The molecule has 0 aliphatic rings. The Bertz CT molecular complexity index is 6220. The van der Waals surface area contributed by atoms with Crippen LogP contribution in [0.4, 0.5) is 56.9 Å². The van der Waals surface area contributed by atoms with Crippen molar-refractivity contribution < 1.29 is 47.4 Å². The number of carbonyl (C=O) groups excluding carboxylic acids is 1. The number of methoxy groups -OCH3 is 3. The van der Waals surface area contributed by atoms with Crippen LogP contribution in [0.3, 0.4) is 0 Å². The van der Waals surface area contributed by atoms with E-state index in [9.17, 15) is 29.7 Å². The van der Waals surface area contributed by atoms with Crippen LogP contribution in [0.15, 0.2) is 297 Å². The van der Waals surface area contributed by atoms with E-state index in [0.29, 0.717) is 27.9 Å². The molecule has 0 radical (unpaired) electrons. The molecule has 0 amide bonds. The summed E-state index contributed by atoms with van der Waals surface area (Å²) >= 11 is 0. The maximum Gasteiger partial charge on any atom is 0.335 e. The highest BCUT2D eigenvalue weighted by molar-refractivity contribution is 7.73. The molecule has 14 rings (SSSR count). The van der Waals surface area contributed by atoms with Gasteiger partial charge in [0.05, 0.1) is 99.2 Å². The van der Waals surface area contributed by atoms with Crippen molar-refractivity contribution >= 4 is 135 Å². The monoisotopic (exact) mass is 1620 g/mol. The molecule has 0 saturated heterocycles. The van der Waals surface area contributed by atoms with E-state index in [1.54, 1.807) is 47.3 Å². The largest absolute Gasteiger partial charge is 0.497 e. The minimum atomic E-state index is -3.68. The number of benzene rings is 14. The molecule has 14 aromatic carbocycles. The molecular weight excluding hydrogens is 1530 g/mol. The Morgan fingerprint density at radius 3 is 1.05 bits per heavy atom. The van der Waals surface area contributed by atoms with E-state index < -0.39 is 14.7 Å². The molecule has 14 aromatic rings. The molecular formula is C101H83N7O10P2. The van der Waals surface area contributed by atoms with Crippen LogP contribution in [-0.2, 0) is 30.5 Å². The van der Waals surface area contributed by atoms with Crippen molar-refractivity contribution in [2.45, 2.75) is 33.6 Å². The molecule has 0 aliphatic heterocycles. The van der Waals surface area contributed by atoms with Crippen LogP contribution in [0, 0.1) is 64.1 Å². The smallest absolute Gasteiger partial charge is 0.335 e. The number of anilines is 9. The average molecular weight is 1620 g/mol. The molecule has 0 saturated carbocycles. The van der Waals surface area contributed by atoms with E-state index in [2.05, 4.69) is 214 Å². The molecule has 120 heavy (non-hydrogen) atoms. The van der Waals surface area contributed by atoms with E-state index in [4.69, 9.17) is 40.0 Å². The molecule has 0 fully saturated rings. The number of hydrogen-bond donors (Lipinski definition) is 2. The van der Waals surface area contributed by atoms with Gasteiger partial charge in [-0.15, -0.1) is 0 Å². The summed E-state index contributed by atoms with van der Waals surface area (Å²) in [6, 6.07) is 105. The fourth-order valence-electron chi connectivity index (χ4n) is 13.7. The Morgan fingerprint density at radius 1 is 0.400 bits per heavy atom. The Balaban J connectivity index is 0.000000207. The molecule has 17 nitrogen and oxygen atoms in total. The second-order valence-electron chi connectivity index (χ2n) is 26.7. The van der Waals surface area contributed by atoms with Gasteiger partial charge in [-0.3, -0.25) is 13.9 Å². The van der Waals surface area contributed by atoms with Gasteiger partial charge < -0.3 is 48.2 Å². The third kappa shape index (κ3) is 20.6. The zero-order valence-electron chi connectivity index (χ0n) is 65.7. The summed E-state index contributed by atoms with van der Waals surface area (Å²) in [5, 5.41) is 53.6. The molecule has 0 aromatic heterocycles. The maximum absolute atomic E-state index is 12.8. The van der Waals surface area contributed by atoms with Gasteiger partial charge in [0.1, 0.15) is 35.7 Å². The summed E-state index contributed by atoms with van der Waals surface area (Å²) in [4.78, 5) is 21.6. The zero-order chi connectivity index (χ0) is 83.7. The van der Waals surface area contributed by atoms with Crippen molar-refractivity contribution in [1.82, 2.24) is 0 Å². The number of nitriles is 3. The van der Waals surface area contributed by atoms with Gasteiger partial charge >= 0.3 is 7.60 Å². The van der Waals surface area contributed by atoms with Crippen LogP contribution in [0.25, 0.3) is 61.5 Å². The lowest BCUT2D eigenvalue weighted by Gasteiger charge is -2.27. The van der Waals surface area contributed by atoms with Gasteiger partial charge in [0.2, 0.25) is 7.14 Å². The van der Waals surface area contributed by atoms with Crippen LogP contribution in [0.5, 0.6) is 17.2 Å². The van der Waals surface area contributed by atoms with Crippen molar-refractivity contribution in [2.24, 2.45) is 0 Å². The van der Waals surface area contributed by atoms with Crippen LogP contribution in [0.1, 0.15) is 81.7 Å². The number of nitrogens with zero attached hydrogens (tertiary/aromatic N) is 7. The lowest BCUT2D eigenvalue weighted by molar-refractivity contribution is 0.112. The summed E-state index contributed by atoms with van der Waals surface area (Å²) in [7, 11) is -2.19. The highest BCUT2D eigenvalue weighted by atomic mass is 31.2. The summed E-state index contributed by atoms with van der Waals surface area (Å²) in [6.07, 6.45) is 11.1. The molecule has 0 heterocycles. The van der Waals surface area contributed by atoms with Crippen LogP contribution in [-0.4, -0.2) is 51.0 Å². The van der Waals surface area contributed by atoms with Gasteiger partial charge in [-0.05, 0) is 227 Å². The second kappa shape index (κ2) is 40.9. The number of rotatable bonds is 25. The van der Waals surface area contributed by atoms with E-state index in [1.807, 2.05) is 133 Å². The molecule has 0 aliphatic carbocycles. The Morgan fingerprint density at radius 2 is 0.725 bits per heavy atom. The first-order valence-electron chi connectivity index (χ1n) is 37.7. The van der Waals surface area contributed by atoms with Crippen LogP contribution < -0.4 is 28.9 Å². The van der Waals surface area contributed by atoms with Crippen molar-refractivity contribution in [2.75, 3.05) is 49.2 Å². The van der Waals surface area contributed by atoms with Crippen molar-refractivity contribution in [3.8, 4) is 59.0 Å². The number of aldehydes is 1. The predicted molar refractivity (Wildman–Crippen MR) is 484 cm³/mol. The van der Waals surface area contributed by atoms with Crippen LogP contribution >= 0.6 is 14.7 Å². The maximum atomic E-state index is 12.8. The highest BCUT2D eigenvalue weighted by Gasteiger charge is 2.29.